The molecule has 10 heteroatoms. The van der Waals surface area contributed by atoms with E-state index in [4.69, 9.17) is 0 Å². The predicted molar refractivity (Wildman–Crippen MR) is 52.3 cm³/mol. The van der Waals surface area contributed by atoms with E-state index in [1.807, 2.05) is 0 Å². The molecular weight excluding hydrogens is 222 g/mol. The summed E-state index contributed by atoms with van der Waals surface area (Å²) in [4.78, 5) is 29.1. The van der Waals surface area contributed by atoms with Gasteiger partial charge >= 0.3 is 5.69 Å². The molecule has 0 saturated heterocycles. The highest BCUT2D eigenvalue weighted by Crippen LogP contribution is 2.28. The van der Waals surface area contributed by atoms with E-state index >= 15 is 0 Å². The molecule has 0 aliphatic heterocycles. The Balaban J connectivity index is 3.13. The summed E-state index contributed by atoms with van der Waals surface area (Å²) < 4.78 is 0. The van der Waals surface area contributed by atoms with Gasteiger partial charge < -0.3 is 0 Å². The van der Waals surface area contributed by atoms with Gasteiger partial charge in [0.2, 0.25) is 0 Å². The fourth-order valence-electron chi connectivity index (χ4n) is 0.973. The van der Waals surface area contributed by atoms with Gasteiger partial charge in [-0.1, -0.05) is 0 Å². The predicted octanol–water partition coefficient (Wildman–Crippen LogP) is 1.10. The van der Waals surface area contributed by atoms with Gasteiger partial charge in [-0.05, 0) is 6.07 Å². The number of hydrogen-bond acceptors (Lipinski definition) is 7. The molecule has 0 amide bonds. The van der Waals surface area contributed by atoms with Gasteiger partial charge in [0.25, 0.3) is 5.69 Å². The molecule has 0 spiro atoms. The van der Waals surface area contributed by atoms with Crippen LogP contribution in [0.3, 0.4) is 0 Å². The standard InChI is InChI=1S/C6H5N5O5/c12-9-8-7-5-2-1-4(10(13)14)3-6(5)11(15)16/h1-3H,(H,7,9)(H,8,12). The van der Waals surface area contributed by atoms with Crippen molar-refractivity contribution in [3.8, 4) is 0 Å². The quantitative estimate of drug-likeness (QED) is 0.435. The van der Waals surface area contributed by atoms with E-state index in [1.165, 1.54) is 0 Å². The first-order valence-electron chi connectivity index (χ1n) is 3.82. The maximum atomic E-state index is 10.6. The molecule has 0 atom stereocenters. The number of nitrogens with zero attached hydrogens (tertiary/aromatic N) is 3. The van der Waals surface area contributed by atoms with Crippen molar-refractivity contribution in [1.82, 2.24) is 5.53 Å². The summed E-state index contributed by atoms with van der Waals surface area (Å²) in [6.07, 6.45) is 0. The number of rotatable bonds is 5. The van der Waals surface area contributed by atoms with E-state index in [1.54, 1.807) is 5.53 Å². The molecule has 1 aromatic carbocycles. The third-order valence-electron chi connectivity index (χ3n) is 1.63. The number of hydrazine groups is 1. The van der Waals surface area contributed by atoms with Crippen LogP contribution in [0.5, 0.6) is 0 Å². The zero-order valence-electron chi connectivity index (χ0n) is 7.61. The molecule has 0 unspecified atom stereocenters. The van der Waals surface area contributed by atoms with Crippen molar-refractivity contribution in [3.05, 3.63) is 43.3 Å². The molecule has 0 bridgehead atoms. The summed E-state index contributed by atoms with van der Waals surface area (Å²) in [5, 5.41) is 23.2. The number of hydrogen-bond donors (Lipinski definition) is 2. The minimum Gasteiger partial charge on any atom is -0.276 e. The first kappa shape index (κ1) is 11.3. The Morgan fingerprint density at radius 3 is 2.38 bits per heavy atom. The summed E-state index contributed by atoms with van der Waals surface area (Å²) in [5.41, 5.74) is 2.81. The Morgan fingerprint density at radius 1 is 1.19 bits per heavy atom. The zero-order valence-corrected chi connectivity index (χ0v) is 7.61. The first-order valence-corrected chi connectivity index (χ1v) is 3.82. The van der Waals surface area contributed by atoms with Gasteiger partial charge in [-0.3, -0.25) is 25.7 Å². The Morgan fingerprint density at radius 2 is 1.88 bits per heavy atom. The topological polar surface area (TPSA) is 140 Å². The Hall–Kier alpha value is -2.78. The number of nitro benzene ring substituents is 2. The molecule has 0 aliphatic rings. The molecule has 0 aliphatic carbocycles. The number of nitro groups is 2. The SMILES string of the molecule is O=NNNc1ccc([N+](=O)[O-])cc1[N+](=O)[O-]. The normalized spacial score (nSPS) is 9.25. The van der Waals surface area contributed by atoms with Crippen LogP contribution in [0.2, 0.25) is 0 Å². The fourth-order valence-corrected chi connectivity index (χ4v) is 0.973. The minimum absolute atomic E-state index is 0.102. The van der Waals surface area contributed by atoms with Gasteiger partial charge in [0.1, 0.15) is 5.69 Å². The lowest BCUT2D eigenvalue weighted by atomic mass is 10.2. The van der Waals surface area contributed by atoms with Crippen molar-refractivity contribution in [2.45, 2.75) is 0 Å². The number of nitrogens with one attached hydrogen (secondary N) is 2. The van der Waals surface area contributed by atoms with Crippen molar-refractivity contribution in [1.29, 1.82) is 0 Å². The summed E-state index contributed by atoms with van der Waals surface area (Å²) in [6.45, 7) is 0. The molecule has 0 radical (unpaired) electrons. The maximum absolute atomic E-state index is 10.6. The fraction of sp³-hybridized carbons (Fsp3) is 0. The van der Waals surface area contributed by atoms with Crippen molar-refractivity contribution < 1.29 is 9.85 Å². The molecule has 84 valence electrons. The highest BCUT2D eigenvalue weighted by molar-refractivity contribution is 5.64. The van der Waals surface area contributed by atoms with E-state index in [9.17, 15) is 25.1 Å². The van der Waals surface area contributed by atoms with Crippen molar-refractivity contribution in [2.75, 3.05) is 5.43 Å². The van der Waals surface area contributed by atoms with Gasteiger partial charge in [-0.15, -0.1) is 4.91 Å². The molecule has 0 heterocycles. The molecule has 16 heavy (non-hydrogen) atoms. The smallest absolute Gasteiger partial charge is 0.276 e. The number of anilines is 1. The van der Waals surface area contributed by atoms with E-state index in [2.05, 4.69) is 10.7 Å². The van der Waals surface area contributed by atoms with Gasteiger partial charge in [-0.25, -0.2) is 0 Å². The van der Waals surface area contributed by atoms with Crippen LogP contribution in [0.15, 0.2) is 23.5 Å². The van der Waals surface area contributed by atoms with Crippen LogP contribution in [-0.4, -0.2) is 9.85 Å². The molecule has 0 aromatic heterocycles. The van der Waals surface area contributed by atoms with Crippen LogP contribution in [-0.2, 0) is 0 Å². The van der Waals surface area contributed by atoms with Crippen LogP contribution in [0.4, 0.5) is 17.1 Å². The third-order valence-corrected chi connectivity index (χ3v) is 1.63. The average molecular weight is 227 g/mol. The third kappa shape index (κ3) is 2.37. The van der Waals surface area contributed by atoms with Crippen molar-refractivity contribution >= 4 is 17.1 Å². The van der Waals surface area contributed by atoms with Gasteiger partial charge in [0.05, 0.1) is 21.2 Å². The molecule has 2 N–H and O–H groups in total. The zero-order chi connectivity index (χ0) is 12.1. The lowest BCUT2D eigenvalue weighted by Crippen LogP contribution is -2.14. The monoisotopic (exact) mass is 227 g/mol. The Labute approximate surface area is 87.5 Å². The molecule has 1 rings (SSSR count). The molecule has 0 fully saturated rings. The van der Waals surface area contributed by atoms with Crippen LogP contribution in [0.1, 0.15) is 0 Å². The highest BCUT2D eigenvalue weighted by atomic mass is 16.6. The van der Waals surface area contributed by atoms with E-state index in [0.717, 1.165) is 18.2 Å². The van der Waals surface area contributed by atoms with E-state index in [0.29, 0.717) is 0 Å². The van der Waals surface area contributed by atoms with Crippen LogP contribution < -0.4 is 11.0 Å². The number of benzene rings is 1. The first-order chi connectivity index (χ1) is 7.56. The van der Waals surface area contributed by atoms with Crippen LogP contribution in [0.25, 0.3) is 0 Å². The highest BCUT2D eigenvalue weighted by Gasteiger charge is 2.19. The lowest BCUT2D eigenvalue weighted by molar-refractivity contribution is -0.393. The summed E-state index contributed by atoms with van der Waals surface area (Å²) in [6, 6.07) is 2.92. The molecule has 1 aromatic rings. The second-order valence-electron chi connectivity index (χ2n) is 2.54. The van der Waals surface area contributed by atoms with Gasteiger partial charge in [-0.2, -0.15) is 5.53 Å². The van der Waals surface area contributed by atoms with Crippen LogP contribution in [0, 0.1) is 25.1 Å². The lowest BCUT2D eigenvalue weighted by Gasteiger charge is -2.03. The molecule has 10 nitrogen and oxygen atoms in total. The van der Waals surface area contributed by atoms with Crippen molar-refractivity contribution in [3.63, 3.8) is 0 Å². The van der Waals surface area contributed by atoms with Crippen LogP contribution >= 0.6 is 0 Å². The second-order valence-corrected chi connectivity index (χ2v) is 2.54. The second kappa shape index (κ2) is 4.63. The minimum atomic E-state index is -0.818. The number of nitroso groups, excluding NO2 is 1. The maximum Gasteiger partial charge on any atom is 0.301 e. The van der Waals surface area contributed by atoms with Gasteiger partial charge in [0, 0.05) is 6.07 Å². The Kier molecular flexibility index (Phi) is 3.27. The van der Waals surface area contributed by atoms with E-state index in [-0.39, 0.29) is 5.69 Å². The summed E-state index contributed by atoms with van der Waals surface area (Å²) in [7, 11) is 0. The average Bonchev–Trinajstić information content (AvgIpc) is 2.25. The summed E-state index contributed by atoms with van der Waals surface area (Å²) in [5.74, 6) is 0. The van der Waals surface area contributed by atoms with Crippen molar-refractivity contribution in [2.24, 2.45) is 5.29 Å². The largest absolute Gasteiger partial charge is 0.301 e. The Bertz CT molecular complexity index is 447. The molecule has 0 saturated carbocycles. The molecular formula is C6H5N5O5. The van der Waals surface area contributed by atoms with E-state index < -0.39 is 21.2 Å². The number of non-ortho nitro benzene ring substituents is 1. The summed E-state index contributed by atoms with van der Waals surface area (Å²) >= 11 is 0. The van der Waals surface area contributed by atoms with Gasteiger partial charge in [0.15, 0.2) is 0 Å².